The largest absolute Gasteiger partial charge is 0.348 e. The van der Waals surface area contributed by atoms with Gasteiger partial charge in [0.1, 0.15) is 6.33 Å². The molecular weight excluding hydrogens is 242 g/mol. The lowest BCUT2D eigenvalue weighted by Gasteiger charge is -2.14. The molecule has 19 heavy (non-hydrogen) atoms. The molecule has 1 aromatic heterocycles. The van der Waals surface area contributed by atoms with Gasteiger partial charge < -0.3 is 15.6 Å². The van der Waals surface area contributed by atoms with Crippen LogP contribution in [0.15, 0.2) is 36.7 Å². The van der Waals surface area contributed by atoms with Gasteiger partial charge in [-0.2, -0.15) is 0 Å². The van der Waals surface area contributed by atoms with E-state index in [1.165, 1.54) is 0 Å². The van der Waals surface area contributed by atoms with Gasteiger partial charge in [-0.25, -0.2) is 0 Å². The Morgan fingerprint density at radius 1 is 1.42 bits per heavy atom. The van der Waals surface area contributed by atoms with E-state index in [0.717, 1.165) is 5.56 Å². The summed E-state index contributed by atoms with van der Waals surface area (Å²) in [5, 5.41) is 10.5. The van der Waals surface area contributed by atoms with E-state index in [1.807, 2.05) is 37.4 Å². The van der Waals surface area contributed by atoms with Crippen molar-refractivity contribution in [3.63, 3.8) is 0 Å². The molecule has 2 aromatic rings. The summed E-state index contributed by atoms with van der Waals surface area (Å²) in [5.41, 5.74) is 6.61. The van der Waals surface area contributed by atoms with Gasteiger partial charge in [0.05, 0.1) is 12.5 Å². The molecule has 0 aliphatic rings. The summed E-state index contributed by atoms with van der Waals surface area (Å²) in [7, 11) is 1.83. The van der Waals surface area contributed by atoms with Crippen LogP contribution in [0.3, 0.4) is 0 Å². The van der Waals surface area contributed by atoms with Crippen molar-refractivity contribution in [2.75, 3.05) is 6.54 Å². The average Bonchev–Trinajstić information content (AvgIpc) is 2.84. The van der Waals surface area contributed by atoms with Crippen LogP contribution in [0.1, 0.15) is 17.3 Å². The Bertz CT molecular complexity index is 537. The Hall–Kier alpha value is -2.21. The van der Waals surface area contributed by atoms with Gasteiger partial charge in [0, 0.05) is 13.6 Å². The Morgan fingerprint density at radius 3 is 2.74 bits per heavy atom. The topological polar surface area (TPSA) is 85.8 Å². The zero-order chi connectivity index (χ0) is 13.7. The lowest BCUT2D eigenvalue weighted by atomic mass is 9.98. The van der Waals surface area contributed by atoms with Gasteiger partial charge in [0.15, 0.2) is 5.82 Å². The fraction of sp³-hybridized carbons (Fsp3) is 0.308. The van der Waals surface area contributed by atoms with E-state index in [2.05, 4.69) is 15.5 Å². The number of carbonyl (C=O) groups excluding carboxylic acids is 1. The molecule has 100 valence electrons. The SMILES string of the molecule is Cn1cnnc1CNC(=O)C(CN)c1ccccc1. The van der Waals surface area contributed by atoms with Gasteiger partial charge in [-0.3, -0.25) is 4.79 Å². The highest BCUT2D eigenvalue weighted by Gasteiger charge is 2.18. The number of nitrogens with one attached hydrogen (secondary N) is 1. The zero-order valence-corrected chi connectivity index (χ0v) is 10.8. The van der Waals surface area contributed by atoms with Crippen molar-refractivity contribution in [3.05, 3.63) is 48.0 Å². The molecule has 0 spiro atoms. The molecule has 2 rings (SSSR count). The number of hydrogen-bond acceptors (Lipinski definition) is 4. The molecule has 0 radical (unpaired) electrons. The van der Waals surface area contributed by atoms with Crippen molar-refractivity contribution in [2.24, 2.45) is 12.8 Å². The highest BCUT2D eigenvalue weighted by Crippen LogP contribution is 2.14. The number of nitrogens with zero attached hydrogens (tertiary/aromatic N) is 3. The van der Waals surface area contributed by atoms with Crippen LogP contribution >= 0.6 is 0 Å². The maximum absolute atomic E-state index is 12.1. The molecule has 0 saturated heterocycles. The first kappa shape index (κ1) is 13.2. The smallest absolute Gasteiger partial charge is 0.229 e. The van der Waals surface area contributed by atoms with Crippen molar-refractivity contribution in [2.45, 2.75) is 12.5 Å². The molecule has 0 saturated carbocycles. The van der Waals surface area contributed by atoms with Gasteiger partial charge in [-0.05, 0) is 5.56 Å². The summed E-state index contributed by atoms with van der Waals surface area (Å²) in [6.07, 6.45) is 1.60. The van der Waals surface area contributed by atoms with Crippen molar-refractivity contribution >= 4 is 5.91 Å². The van der Waals surface area contributed by atoms with Gasteiger partial charge in [0.25, 0.3) is 0 Å². The highest BCUT2D eigenvalue weighted by molar-refractivity contribution is 5.83. The Balaban J connectivity index is 2.00. The standard InChI is InChI=1S/C13H17N5O/c1-18-9-16-17-12(18)8-15-13(19)11(7-14)10-5-3-2-4-6-10/h2-6,9,11H,7-8,14H2,1H3,(H,15,19). The molecule has 1 atom stereocenters. The molecule has 6 heteroatoms. The van der Waals surface area contributed by atoms with Crippen LogP contribution < -0.4 is 11.1 Å². The second-order valence-electron chi connectivity index (χ2n) is 4.27. The first-order valence-electron chi connectivity index (χ1n) is 6.08. The predicted molar refractivity (Wildman–Crippen MR) is 71.1 cm³/mol. The van der Waals surface area contributed by atoms with Crippen molar-refractivity contribution in [1.82, 2.24) is 20.1 Å². The molecule has 0 bridgehead atoms. The fourth-order valence-electron chi connectivity index (χ4n) is 1.84. The number of carbonyl (C=O) groups is 1. The number of hydrogen-bond donors (Lipinski definition) is 2. The first-order chi connectivity index (χ1) is 9.22. The summed E-state index contributed by atoms with van der Waals surface area (Å²) < 4.78 is 1.76. The van der Waals surface area contributed by atoms with Crippen LogP contribution in [-0.4, -0.2) is 27.2 Å². The fourth-order valence-corrected chi connectivity index (χ4v) is 1.84. The average molecular weight is 259 g/mol. The molecule has 0 aliphatic heterocycles. The van der Waals surface area contributed by atoms with E-state index in [-0.39, 0.29) is 18.4 Å². The first-order valence-corrected chi connectivity index (χ1v) is 6.08. The molecule has 1 aromatic carbocycles. The molecule has 6 nitrogen and oxygen atoms in total. The van der Waals surface area contributed by atoms with E-state index in [4.69, 9.17) is 5.73 Å². The monoisotopic (exact) mass is 259 g/mol. The van der Waals surface area contributed by atoms with Crippen molar-refractivity contribution < 1.29 is 4.79 Å². The van der Waals surface area contributed by atoms with E-state index in [9.17, 15) is 4.79 Å². The van der Waals surface area contributed by atoms with Gasteiger partial charge in [-0.1, -0.05) is 30.3 Å². The maximum atomic E-state index is 12.1. The Morgan fingerprint density at radius 2 is 2.16 bits per heavy atom. The minimum Gasteiger partial charge on any atom is -0.348 e. The maximum Gasteiger partial charge on any atom is 0.229 e. The number of amides is 1. The van der Waals surface area contributed by atoms with E-state index in [1.54, 1.807) is 10.9 Å². The number of nitrogens with two attached hydrogens (primary N) is 1. The molecule has 1 heterocycles. The Labute approximate surface area is 111 Å². The third-order valence-electron chi connectivity index (χ3n) is 2.98. The second kappa shape index (κ2) is 6.10. The van der Waals surface area contributed by atoms with Crippen molar-refractivity contribution in [3.8, 4) is 0 Å². The summed E-state index contributed by atoms with van der Waals surface area (Å²) in [4.78, 5) is 12.1. The molecule has 0 fully saturated rings. The third kappa shape index (κ3) is 3.17. The van der Waals surface area contributed by atoms with Crippen LogP contribution in [0.5, 0.6) is 0 Å². The van der Waals surface area contributed by atoms with Gasteiger partial charge in [0.2, 0.25) is 5.91 Å². The predicted octanol–water partition coefficient (Wildman–Crippen LogP) is 0.174. The Kier molecular flexibility index (Phi) is 4.25. The normalized spacial score (nSPS) is 12.1. The second-order valence-corrected chi connectivity index (χ2v) is 4.27. The van der Waals surface area contributed by atoms with E-state index < -0.39 is 0 Å². The molecule has 1 amide bonds. The number of aromatic nitrogens is 3. The van der Waals surface area contributed by atoms with Crippen molar-refractivity contribution in [1.29, 1.82) is 0 Å². The van der Waals surface area contributed by atoms with Crippen LogP contribution in [0.2, 0.25) is 0 Å². The lowest BCUT2D eigenvalue weighted by Crippen LogP contribution is -2.33. The lowest BCUT2D eigenvalue weighted by molar-refractivity contribution is -0.122. The number of benzene rings is 1. The highest BCUT2D eigenvalue weighted by atomic mass is 16.1. The van der Waals surface area contributed by atoms with Crippen LogP contribution in [0.4, 0.5) is 0 Å². The summed E-state index contributed by atoms with van der Waals surface area (Å²) >= 11 is 0. The van der Waals surface area contributed by atoms with Crippen LogP contribution in [-0.2, 0) is 18.4 Å². The van der Waals surface area contributed by atoms with E-state index >= 15 is 0 Å². The number of rotatable bonds is 5. The summed E-state index contributed by atoms with van der Waals surface area (Å²) in [6, 6.07) is 9.51. The zero-order valence-electron chi connectivity index (χ0n) is 10.8. The molecule has 0 aliphatic carbocycles. The minimum atomic E-state index is -0.338. The van der Waals surface area contributed by atoms with Gasteiger partial charge >= 0.3 is 0 Å². The quantitative estimate of drug-likeness (QED) is 0.801. The van der Waals surface area contributed by atoms with Crippen LogP contribution in [0.25, 0.3) is 0 Å². The molecular formula is C13H17N5O. The summed E-state index contributed by atoms with van der Waals surface area (Å²) in [6.45, 7) is 0.618. The third-order valence-corrected chi connectivity index (χ3v) is 2.98. The molecule has 3 N–H and O–H groups in total. The minimum absolute atomic E-state index is 0.100. The summed E-state index contributed by atoms with van der Waals surface area (Å²) in [5.74, 6) is 0.267. The van der Waals surface area contributed by atoms with E-state index in [0.29, 0.717) is 12.4 Å². The van der Waals surface area contributed by atoms with Gasteiger partial charge in [-0.15, -0.1) is 10.2 Å². The molecule has 1 unspecified atom stereocenters. The number of aryl methyl sites for hydroxylation is 1. The van der Waals surface area contributed by atoms with Crippen LogP contribution in [0, 0.1) is 0 Å².